The maximum Gasteiger partial charge on any atom is 0.276 e. The SMILES string of the molecule is NC(N)=NCCCCC(=O)Nc1c(N)nc[nH]c1=O. The summed E-state index contributed by atoms with van der Waals surface area (Å²) in [5.41, 5.74) is 15.3. The van der Waals surface area contributed by atoms with E-state index in [1.54, 1.807) is 0 Å². The van der Waals surface area contributed by atoms with Gasteiger partial charge < -0.3 is 27.5 Å². The highest BCUT2D eigenvalue weighted by Gasteiger charge is 2.09. The zero-order chi connectivity index (χ0) is 14.3. The topological polar surface area (TPSA) is 165 Å². The smallest absolute Gasteiger partial charge is 0.276 e. The van der Waals surface area contributed by atoms with Gasteiger partial charge in [0.1, 0.15) is 5.69 Å². The van der Waals surface area contributed by atoms with Crippen molar-refractivity contribution in [1.82, 2.24) is 9.97 Å². The number of nitrogens with zero attached hydrogens (tertiary/aromatic N) is 2. The van der Waals surface area contributed by atoms with Crippen LogP contribution < -0.4 is 28.1 Å². The average Bonchev–Trinajstić information content (AvgIpc) is 2.33. The maximum absolute atomic E-state index is 11.6. The molecule has 1 aromatic heterocycles. The number of hydrogen-bond donors (Lipinski definition) is 5. The van der Waals surface area contributed by atoms with Crippen LogP contribution in [0.5, 0.6) is 0 Å². The summed E-state index contributed by atoms with van der Waals surface area (Å²) in [5.74, 6) is -0.299. The van der Waals surface area contributed by atoms with Crippen LogP contribution in [0.15, 0.2) is 16.1 Å². The Bertz CT molecular complexity index is 519. The quantitative estimate of drug-likeness (QED) is 0.245. The molecule has 0 radical (unpaired) electrons. The first-order valence-electron chi connectivity index (χ1n) is 5.69. The monoisotopic (exact) mass is 267 g/mol. The molecule has 9 heteroatoms. The second-order valence-corrected chi connectivity index (χ2v) is 3.80. The number of unbranched alkanes of at least 4 members (excludes halogenated alkanes) is 1. The summed E-state index contributed by atoms with van der Waals surface area (Å²) in [6.45, 7) is 0.464. The van der Waals surface area contributed by atoms with Gasteiger partial charge in [0.05, 0.1) is 6.33 Å². The largest absolute Gasteiger partial charge is 0.382 e. The molecule has 1 rings (SSSR count). The number of hydrogen-bond acceptors (Lipinski definition) is 5. The van der Waals surface area contributed by atoms with E-state index in [9.17, 15) is 9.59 Å². The van der Waals surface area contributed by atoms with Crippen molar-refractivity contribution in [2.45, 2.75) is 19.3 Å². The van der Waals surface area contributed by atoms with Crippen molar-refractivity contribution in [2.75, 3.05) is 17.6 Å². The lowest BCUT2D eigenvalue weighted by molar-refractivity contribution is -0.116. The zero-order valence-electron chi connectivity index (χ0n) is 10.3. The first-order valence-corrected chi connectivity index (χ1v) is 5.69. The van der Waals surface area contributed by atoms with Crippen LogP contribution in [0.25, 0.3) is 0 Å². The number of nitrogen functional groups attached to an aromatic ring is 1. The minimum atomic E-state index is -0.485. The van der Waals surface area contributed by atoms with Gasteiger partial charge in [-0.15, -0.1) is 0 Å². The number of nitrogens with one attached hydrogen (secondary N) is 2. The summed E-state index contributed by atoms with van der Waals surface area (Å²) in [4.78, 5) is 32.8. The van der Waals surface area contributed by atoms with Crippen molar-refractivity contribution >= 4 is 23.4 Å². The van der Waals surface area contributed by atoms with E-state index >= 15 is 0 Å². The van der Waals surface area contributed by atoms with Crippen molar-refractivity contribution < 1.29 is 4.79 Å². The Balaban J connectivity index is 2.40. The number of H-pyrrole nitrogens is 1. The molecule has 0 unspecified atom stereocenters. The van der Waals surface area contributed by atoms with Crippen LogP contribution in [0.1, 0.15) is 19.3 Å². The van der Waals surface area contributed by atoms with Crippen LogP contribution in [0.3, 0.4) is 0 Å². The van der Waals surface area contributed by atoms with E-state index in [0.717, 1.165) is 0 Å². The van der Waals surface area contributed by atoms with Crippen molar-refractivity contribution in [2.24, 2.45) is 16.5 Å². The number of nitrogens with two attached hydrogens (primary N) is 3. The molecule has 0 atom stereocenters. The van der Waals surface area contributed by atoms with Crippen molar-refractivity contribution in [3.8, 4) is 0 Å². The van der Waals surface area contributed by atoms with E-state index in [0.29, 0.717) is 19.4 Å². The fourth-order valence-electron chi connectivity index (χ4n) is 1.34. The Hall–Kier alpha value is -2.58. The molecule has 1 aromatic rings. The van der Waals surface area contributed by atoms with Crippen molar-refractivity contribution in [3.05, 3.63) is 16.7 Å². The lowest BCUT2D eigenvalue weighted by Crippen LogP contribution is -2.23. The van der Waals surface area contributed by atoms with Gasteiger partial charge in [-0.3, -0.25) is 14.6 Å². The third kappa shape index (κ3) is 5.06. The van der Waals surface area contributed by atoms with Crippen LogP contribution in [0.4, 0.5) is 11.5 Å². The van der Waals surface area contributed by atoms with Gasteiger partial charge in [0.2, 0.25) is 5.91 Å². The fourth-order valence-corrected chi connectivity index (χ4v) is 1.34. The van der Waals surface area contributed by atoms with Gasteiger partial charge in [0.15, 0.2) is 11.8 Å². The molecular formula is C10H17N7O2. The van der Waals surface area contributed by atoms with Crippen LogP contribution >= 0.6 is 0 Å². The highest BCUT2D eigenvalue weighted by molar-refractivity contribution is 5.92. The number of carbonyl (C=O) groups excluding carboxylic acids is 1. The minimum absolute atomic E-state index is 0.0161. The molecule has 0 fully saturated rings. The highest BCUT2D eigenvalue weighted by Crippen LogP contribution is 2.08. The van der Waals surface area contributed by atoms with Gasteiger partial charge in [-0.1, -0.05) is 0 Å². The van der Waals surface area contributed by atoms with Gasteiger partial charge in [-0.05, 0) is 12.8 Å². The van der Waals surface area contributed by atoms with E-state index in [2.05, 4.69) is 20.3 Å². The van der Waals surface area contributed by atoms with E-state index < -0.39 is 5.56 Å². The van der Waals surface area contributed by atoms with Crippen LogP contribution in [-0.2, 0) is 4.79 Å². The molecule has 104 valence electrons. The van der Waals surface area contributed by atoms with Crippen LogP contribution in [-0.4, -0.2) is 28.4 Å². The van der Waals surface area contributed by atoms with Gasteiger partial charge in [0.25, 0.3) is 5.56 Å². The van der Waals surface area contributed by atoms with E-state index in [4.69, 9.17) is 17.2 Å². The number of aromatic amines is 1. The molecule has 0 spiro atoms. The maximum atomic E-state index is 11.6. The molecule has 0 aliphatic carbocycles. The third-order valence-corrected chi connectivity index (χ3v) is 2.25. The van der Waals surface area contributed by atoms with E-state index in [1.165, 1.54) is 6.33 Å². The van der Waals surface area contributed by atoms with E-state index in [1.807, 2.05) is 0 Å². The molecule has 0 aliphatic heterocycles. The molecule has 9 nitrogen and oxygen atoms in total. The Kier molecular flexibility index (Phi) is 5.33. The zero-order valence-corrected chi connectivity index (χ0v) is 10.3. The van der Waals surface area contributed by atoms with Crippen LogP contribution in [0.2, 0.25) is 0 Å². The molecule has 0 saturated carbocycles. The van der Waals surface area contributed by atoms with Gasteiger partial charge >= 0.3 is 0 Å². The average molecular weight is 267 g/mol. The molecule has 0 saturated heterocycles. The Labute approximate surface area is 109 Å². The summed E-state index contributed by atoms with van der Waals surface area (Å²) in [6, 6.07) is 0. The number of guanidine groups is 1. The molecule has 1 heterocycles. The van der Waals surface area contributed by atoms with Crippen molar-refractivity contribution in [3.63, 3.8) is 0 Å². The van der Waals surface area contributed by atoms with Gasteiger partial charge in [0, 0.05) is 13.0 Å². The molecule has 19 heavy (non-hydrogen) atoms. The lowest BCUT2D eigenvalue weighted by Gasteiger charge is -2.05. The fraction of sp³-hybridized carbons (Fsp3) is 0.400. The first kappa shape index (κ1) is 14.5. The minimum Gasteiger partial charge on any atom is -0.382 e. The number of carbonyl (C=O) groups is 1. The molecule has 0 bridgehead atoms. The van der Waals surface area contributed by atoms with Gasteiger partial charge in [-0.25, -0.2) is 4.98 Å². The number of anilines is 2. The summed E-state index contributed by atoms with van der Waals surface area (Å²) >= 11 is 0. The molecule has 0 aromatic carbocycles. The highest BCUT2D eigenvalue weighted by atomic mass is 16.2. The molecular weight excluding hydrogens is 250 g/mol. The second-order valence-electron chi connectivity index (χ2n) is 3.80. The second kappa shape index (κ2) is 6.99. The Morgan fingerprint density at radius 1 is 1.42 bits per heavy atom. The predicted octanol–water partition coefficient (Wildman–Crippen LogP) is -1.27. The predicted molar refractivity (Wildman–Crippen MR) is 72.4 cm³/mol. The summed E-state index contributed by atoms with van der Waals surface area (Å²) in [7, 11) is 0. The van der Waals surface area contributed by atoms with Crippen LogP contribution in [0, 0.1) is 0 Å². The normalized spacial score (nSPS) is 9.89. The standard InChI is InChI=1S/C10H17N7O2/c11-8-7(9(19)16-5-15-8)17-6(18)3-1-2-4-14-10(12)13/h5H,1-4H2,(H,17,18)(H4,12,13,14)(H3,11,15,16,19). The molecule has 1 amide bonds. The molecule has 0 aliphatic rings. The molecule has 8 N–H and O–H groups in total. The number of amides is 1. The lowest BCUT2D eigenvalue weighted by atomic mass is 10.2. The third-order valence-electron chi connectivity index (χ3n) is 2.25. The summed E-state index contributed by atoms with van der Waals surface area (Å²) < 4.78 is 0. The Morgan fingerprint density at radius 2 is 2.16 bits per heavy atom. The Morgan fingerprint density at radius 3 is 2.79 bits per heavy atom. The first-order chi connectivity index (χ1) is 9.00. The summed E-state index contributed by atoms with van der Waals surface area (Å²) in [6.07, 6.45) is 2.68. The van der Waals surface area contributed by atoms with Crippen molar-refractivity contribution in [1.29, 1.82) is 0 Å². The van der Waals surface area contributed by atoms with E-state index in [-0.39, 0.29) is 29.8 Å². The van der Waals surface area contributed by atoms with Gasteiger partial charge in [-0.2, -0.15) is 0 Å². The number of aromatic nitrogens is 2. The number of aliphatic imine (C=N–C) groups is 1. The summed E-state index contributed by atoms with van der Waals surface area (Å²) in [5, 5.41) is 2.42. The number of rotatable bonds is 6.